The highest BCUT2D eigenvalue weighted by Gasteiger charge is 2.35. The fraction of sp³-hybridized carbons (Fsp3) is 0.310. The van der Waals surface area contributed by atoms with Gasteiger partial charge in [0.1, 0.15) is 12.1 Å². The van der Waals surface area contributed by atoms with Crippen molar-refractivity contribution in [3.63, 3.8) is 0 Å². The van der Waals surface area contributed by atoms with Crippen LogP contribution in [0.5, 0.6) is 0 Å². The normalized spacial score (nSPS) is 18.0. The molecule has 0 saturated carbocycles. The van der Waals surface area contributed by atoms with E-state index in [1.54, 1.807) is 0 Å². The fourth-order valence-corrected chi connectivity index (χ4v) is 5.07. The van der Waals surface area contributed by atoms with E-state index in [9.17, 15) is 14.7 Å². The Balaban J connectivity index is 0.000000223. The van der Waals surface area contributed by atoms with Crippen molar-refractivity contribution in [3.8, 4) is 0 Å². The van der Waals surface area contributed by atoms with E-state index in [-0.39, 0.29) is 7.43 Å². The number of nitrogens with zero attached hydrogens (tertiary/aromatic N) is 1. The Morgan fingerprint density at radius 1 is 0.886 bits per heavy atom. The van der Waals surface area contributed by atoms with Gasteiger partial charge in [-0.1, -0.05) is 73.7 Å². The molecule has 2 aliphatic rings. The van der Waals surface area contributed by atoms with Crippen molar-refractivity contribution >= 4 is 11.9 Å². The maximum atomic E-state index is 11.7. The van der Waals surface area contributed by atoms with Gasteiger partial charge in [0.15, 0.2) is 0 Å². The van der Waals surface area contributed by atoms with E-state index < -0.39 is 24.0 Å². The van der Waals surface area contributed by atoms with Gasteiger partial charge in [-0.15, -0.1) is 0 Å². The van der Waals surface area contributed by atoms with Crippen LogP contribution < -0.4 is 5.32 Å². The molecular weight excluding hydrogens is 440 g/mol. The van der Waals surface area contributed by atoms with E-state index in [0.29, 0.717) is 19.6 Å². The molecule has 35 heavy (non-hydrogen) atoms. The minimum atomic E-state index is -0.806. The summed E-state index contributed by atoms with van der Waals surface area (Å²) in [6, 6.07) is 18.7. The van der Waals surface area contributed by atoms with Crippen molar-refractivity contribution < 1.29 is 19.8 Å². The molecule has 0 aliphatic carbocycles. The van der Waals surface area contributed by atoms with Crippen molar-refractivity contribution in [2.45, 2.75) is 59.9 Å². The smallest absolute Gasteiger partial charge is 0.325 e. The summed E-state index contributed by atoms with van der Waals surface area (Å²) in [6.45, 7) is 8.33. The molecule has 0 saturated heterocycles. The number of aliphatic carboxylic acids is 2. The minimum absolute atomic E-state index is 0. The number of fused-ring (bicyclic) bond motifs is 2. The zero-order chi connectivity index (χ0) is 24.4. The molecule has 0 bridgehead atoms. The first-order valence-electron chi connectivity index (χ1n) is 11.4. The third kappa shape index (κ3) is 5.45. The van der Waals surface area contributed by atoms with Gasteiger partial charge < -0.3 is 10.2 Å². The van der Waals surface area contributed by atoms with Crippen LogP contribution in [0.2, 0.25) is 0 Å². The van der Waals surface area contributed by atoms with E-state index >= 15 is 0 Å². The summed E-state index contributed by atoms with van der Waals surface area (Å²) in [5, 5.41) is 21.4. The predicted molar refractivity (Wildman–Crippen MR) is 137 cm³/mol. The molecule has 5 rings (SSSR count). The largest absolute Gasteiger partial charge is 0.480 e. The van der Waals surface area contributed by atoms with Crippen LogP contribution in [0.4, 0.5) is 0 Å². The first-order chi connectivity index (χ1) is 16.3. The second-order valence-corrected chi connectivity index (χ2v) is 9.07. The van der Waals surface area contributed by atoms with Gasteiger partial charge in [-0.3, -0.25) is 19.8 Å². The van der Waals surface area contributed by atoms with Gasteiger partial charge in [0.2, 0.25) is 0 Å². The quantitative estimate of drug-likeness (QED) is 0.475. The lowest BCUT2D eigenvalue weighted by atomic mass is 9.99. The first kappa shape index (κ1) is 26.1. The molecule has 0 radical (unpaired) electrons. The van der Waals surface area contributed by atoms with E-state index in [1.165, 1.54) is 22.3 Å². The molecule has 184 valence electrons. The highest BCUT2D eigenvalue weighted by molar-refractivity contribution is 5.77. The van der Waals surface area contributed by atoms with Gasteiger partial charge in [-0.25, -0.2) is 0 Å². The van der Waals surface area contributed by atoms with Gasteiger partial charge in [-0.05, 0) is 59.7 Å². The molecule has 2 atom stereocenters. The standard InChI is InChI=1S/C19H21NO2.C9H9NO2.CH4/c1-12-8-13(2)17(14(3)9-12)11-20-10-15-6-4-5-7-16(15)18(20)19(21)22;11-9(12)8-7-4-2-1-3-6(7)5-10-8;/h4-9,18H,10-11H2,1-3H3,(H,21,22);1-4,8,10H,5H2,(H,11,12);1H4. The lowest BCUT2D eigenvalue weighted by Crippen LogP contribution is -2.28. The molecule has 3 aromatic rings. The van der Waals surface area contributed by atoms with Crippen LogP contribution in [0.3, 0.4) is 0 Å². The van der Waals surface area contributed by atoms with Gasteiger partial charge in [0.25, 0.3) is 0 Å². The number of hydrogen-bond acceptors (Lipinski definition) is 4. The van der Waals surface area contributed by atoms with Crippen molar-refractivity contribution in [2.75, 3.05) is 0 Å². The van der Waals surface area contributed by atoms with E-state index in [4.69, 9.17) is 5.11 Å². The third-order valence-electron chi connectivity index (χ3n) is 6.63. The summed E-state index contributed by atoms with van der Waals surface area (Å²) in [6.07, 6.45) is 0. The van der Waals surface area contributed by atoms with E-state index in [0.717, 1.165) is 22.3 Å². The van der Waals surface area contributed by atoms with Crippen molar-refractivity contribution in [3.05, 3.63) is 105 Å². The van der Waals surface area contributed by atoms with Gasteiger partial charge in [0, 0.05) is 19.6 Å². The zero-order valence-corrected chi connectivity index (χ0v) is 19.7. The SMILES string of the molecule is C.Cc1cc(C)c(CN2Cc3ccccc3C2C(=O)O)c(C)c1.O=C(O)C1NCc2ccccc21. The minimum Gasteiger partial charge on any atom is -0.480 e. The second-order valence-electron chi connectivity index (χ2n) is 9.07. The third-order valence-corrected chi connectivity index (χ3v) is 6.63. The summed E-state index contributed by atoms with van der Waals surface area (Å²) in [4.78, 5) is 24.5. The van der Waals surface area contributed by atoms with Crippen molar-refractivity contribution in [1.82, 2.24) is 10.2 Å². The summed E-state index contributed by atoms with van der Waals surface area (Å²) in [5.41, 5.74) is 8.99. The van der Waals surface area contributed by atoms with Crippen LogP contribution in [0, 0.1) is 20.8 Å². The summed E-state index contributed by atoms with van der Waals surface area (Å²) in [7, 11) is 0. The van der Waals surface area contributed by atoms with Crippen LogP contribution in [-0.2, 0) is 29.2 Å². The molecule has 0 aromatic heterocycles. The monoisotopic (exact) mass is 474 g/mol. The summed E-state index contributed by atoms with van der Waals surface area (Å²) >= 11 is 0. The zero-order valence-electron chi connectivity index (χ0n) is 19.7. The summed E-state index contributed by atoms with van der Waals surface area (Å²) in [5.74, 6) is -1.58. The fourth-order valence-electron chi connectivity index (χ4n) is 5.07. The average Bonchev–Trinajstić information content (AvgIpc) is 3.38. The van der Waals surface area contributed by atoms with E-state index in [2.05, 4.69) is 43.1 Å². The van der Waals surface area contributed by atoms with Gasteiger partial charge >= 0.3 is 11.9 Å². The summed E-state index contributed by atoms with van der Waals surface area (Å²) < 4.78 is 0. The Hall–Kier alpha value is -3.48. The molecule has 0 fully saturated rings. The topological polar surface area (TPSA) is 89.9 Å². The number of hydrogen-bond donors (Lipinski definition) is 3. The molecule has 0 spiro atoms. The van der Waals surface area contributed by atoms with Gasteiger partial charge in [-0.2, -0.15) is 0 Å². The number of carbonyl (C=O) groups is 2. The first-order valence-corrected chi connectivity index (χ1v) is 11.4. The highest BCUT2D eigenvalue weighted by atomic mass is 16.4. The maximum absolute atomic E-state index is 11.7. The maximum Gasteiger partial charge on any atom is 0.325 e. The Morgan fingerprint density at radius 3 is 2.06 bits per heavy atom. The molecule has 2 heterocycles. The highest BCUT2D eigenvalue weighted by Crippen LogP contribution is 2.35. The van der Waals surface area contributed by atoms with Crippen LogP contribution >= 0.6 is 0 Å². The molecule has 2 unspecified atom stereocenters. The molecule has 0 amide bonds. The number of carboxylic acid groups (broad SMARTS) is 2. The number of carboxylic acids is 2. The van der Waals surface area contributed by atoms with Crippen molar-refractivity contribution in [2.24, 2.45) is 0 Å². The van der Waals surface area contributed by atoms with E-state index in [1.807, 2.05) is 48.5 Å². The number of rotatable bonds is 4. The van der Waals surface area contributed by atoms with Gasteiger partial charge in [0.05, 0.1) is 0 Å². The molecule has 6 nitrogen and oxygen atoms in total. The lowest BCUT2D eigenvalue weighted by molar-refractivity contribution is -0.143. The predicted octanol–water partition coefficient (Wildman–Crippen LogP) is 5.30. The Bertz CT molecular complexity index is 1210. The van der Waals surface area contributed by atoms with Crippen molar-refractivity contribution in [1.29, 1.82) is 0 Å². The van der Waals surface area contributed by atoms with Crippen LogP contribution in [-0.4, -0.2) is 27.1 Å². The number of aryl methyl sites for hydroxylation is 3. The van der Waals surface area contributed by atoms with Crippen LogP contribution in [0.25, 0.3) is 0 Å². The van der Waals surface area contributed by atoms with Crippen LogP contribution in [0.15, 0.2) is 60.7 Å². The number of benzene rings is 3. The lowest BCUT2D eigenvalue weighted by Gasteiger charge is -2.24. The Labute approximate surface area is 207 Å². The number of nitrogens with one attached hydrogen (secondary N) is 1. The second kappa shape index (κ2) is 10.8. The average molecular weight is 475 g/mol. The Kier molecular flexibility index (Phi) is 8.10. The molecule has 6 heteroatoms. The molecular formula is C29H34N2O4. The molecule has 2 aliphatic heterocycles. The Morgan fingerprint density at radius 2 is 1.46 bits per heavy atom. The molecule has 3 N–H and O–H groups in total. The van der Waals surface area contributed by atoms with Crippen LogP contribution in [0.1, 0.15) is 64.0 Å². The molecule has 3 aromatic carbocycles.